The van der Waals surface area contributed by atoms with Crippen LogP contribution in [0.2, 0.25) is 0 Å². The van der Waals surface area contributed by atoms with Crippen LogP contribution >= 0.6 is 12.6 Å². The van der Waals surface area contributed by atoms with Crippen molar-refractivity contribution in [3.05, 3.63) is 0 Å². The number of nitrogens with zero attached hydrogens (tertiary/aromatic N) is 2. The van der Waals surface area contributed by atoms with Gasteiger partial charge >= 0.3 is 0 Å². The van der Waals surface area contributed by atoms with Crippen LogP contribution in [0.1, 0.15) is 41.0 Å². The first-order chi connectivity index (χ1) is 8.38. The van der Waals surface area contributed by atoms with Crippen LogP contribution in [0.25, 0.3) is 0 Å². The molecule has 0 bridgehead atoms. The van der Waals surface area contributed by atoms with Gasteiger partial charge in [-0.2, -0.15) is 12.6 Å². The molecule has 1 rings (SSSR count). The third-order valence-corrected chi connectivity index (χ3v) is 4.99. The van der Waals surface area contributed by atoms with Gasteiger partial charge in [-0.25, -0.2) is 0 Å². The maximum atomic E-state index is 4.54. The van der Waals surface area contributed by atoms with Gasteiger partial charge in [0.05, 0.1) is 0 Å². The molecule has 1 aliphatic rings. The van der Waals surface area contributed by atoms with Crippen LogP contribution < -0.4 is 0 Å². The highest BCUT2D eigenvalue weighted by molar-refractivity contribution is 7.80. The summed E-state index contributed by atoms with van der Waals surface area (Å²) in [5, 5.41) is 0. The molecule has 0 saturated carbocycles. The van der Waals surface area contributed by atoms with Crippen LogP contribution in [0.5, 0.6) is 0 Å². The third-order valence-electron chi connectivity index (χ3n) is 4.54. The summed E-state index contributed by atoms with van der Waals surface area (Å²) >= 11 is 4.54. The van der Waals surface area contributed by atoms with E-state index in [1.807, 2.05) is 0 Å². The normalized spacial score (nSPS) is 23.0. The van der Waals surface area contributed by atoms with Crippen molar-refractivity contribution < 1.29 is 0 Å². The number of hydrogen-bond acceptors (Lipinski definition) is 3. The first-order valence-electron chi connectivity index (χ1n) is 7.45. The van der Waals surface area contributed by atoms with E-state index in [0.717, 1.165) is 11.8 Å². The SMILES string of the molecule is CCC(C)N1CCN(CC(CS)C(C)(C)C)CC1. The topological polar surface area (TPSA) is 6.48 Å². The van der Waals surface area contributed by atoms with E-state index in [9.17, 15) is 0 Å². The number of hydrogen-bond donors (Lipinski definition) is 1. The second kappa shape index (κ2) is 7.16. The highest BCUT2D eigenvalue weighted by Crippen LogP contribution is 2.28. The van der Waals surface area contributed by atoms with Crippen LogP contribution in [0.3, 0.4) is 0 Å². The number of piperazine rings is 1. The fourth-order valence-electron chi connectivity index (χ4n) is 2.56. The minimum atomic E-state index is 0.371. The summed E-state index contributed by atoms with van der Waals surface area (Å²) < 4.78 is 0. The monoisotopic (exact) mass is 272 g/mol. The van der Waals surface area contributed by atoms with Crippen molar-refractivity contribution in [3.8, 4) is 0 Å². The van der Waals surface area contributed by atoms with E-state index in [1.54, 1.807) is 0 Å². The Bertz CT molecular complexity index is 229. The Morgan fingerprint density at radius 1 is 1.11 bits per heavy atom. The summed E-state index contributed by atoms with van der Waals surface area (Å²) in [6.07, 6.45) is 1.27. The molecular formula is C15H32N2S. The van der Waals surface area contributed by atoms with Crippen LogP contribution in [-0.2, 0) is 0 Å². The number of rotatable bonds is 5. The summed E-state index contributed by atoms with van der Waals surface area (Å²) in [5.41, 5.74) is 0.371. The lowest BCUT2D eigenvalue weighted by Crippen LogP contribution is -2.51. The molecule has 0 aliphatic carbocycles. The summed E-state index contributed by atoms with van der Waals surface area (Å²) in [7, 11) is 0. The first kappa shape index (κ1) is 16.3. The van der Waals surface area contributed by atoms with E-state index >= 15 is 0 Å². The Kier molecular flexibility index (Phi) is 6.49. The van der Waals surface area contributed by atoms with E-state index in [2.05, 4.69) is 57.0 Å². The zero-order chi connectivity index (χ0) is 13.8. The third kappa shape index (κ3) is 4.75. The van der Waals surface area contributed by atoms with Crippen LogP contribution in [0.4, 0.5) is 0 Å². The van der Waals surface area contributed by atoms with Crippen molar-refractivity contribution in [2.75, 3.05) is 38.5 Å². The molecule has 1 fully saturated rings. The molecule has 2 atom stereocenters. The Morgan fingerprint density at radius 3 is 2.06 bits per heavy atom. The van der Waals surface area contributed by atoms with Gasteiger partial charge in [0.1, 0.15) is 0 Å². The quantitative estimate of drug-likeness (QED) is 0.769. The zero-order valence-corrected chi connectivity index (χ0v) is 13.8. The standard InChI is InChI=1S/C15H32N2S/c1-6-13(2)17-9-7-16(8-10-17)11-14(12-18)15(3,4)5/h13-14,18H,6-12H2,1-5H3. The zero-order valence-electron chi connectivity index (χ0n) is 12.9. The first-order valence-corrected chi connectivity index (χ1v) is 8.09. The predicted octanol–water partition coefficient (Wildman–Crippen LogP) is 2.99. The average molecular weight is 273 g/mol. The molecule has 0 radical (unpaired) electrons. The van der Waals surface area contributed by atoms with Gasteiger partial charge < -0.3 is 4.90 Å². The van der Waals surface area contributed by atoms with Crippen molar-refractivity contribution >= 4 is 12.6 Å². The van der Waals surface area contributed by atoms with Gasteiger partial charge in [-0.05, 0) is 30.4 Å². The van der Waals surface area contributed by atoms with Gasteiger partial charge in [0.2, 0.25) is 0 Å². The maximum absolute atomic E-state index is 4.54. The minimum Gasteiger partial charge on any atom is -0.300 e. The highest BCUT2D eigenvalue weighted by atomic mass is 32.1. The van der Waals surface area contributed by atoms with E-state index in [1.165, 1.54) is 39.1 Å². The summed E-state index contributed by atoms with van der Waals surface area (Å²) in [4.78, 5) is 5.26. The van der Waals surface area contributed by atoms with Crippen molar-refractivity contribution in [3.63, 3.8) is 0 Å². The van der Waals surface area contributed by atoms with Crippen LogP contribution in [0.15, 0.2) is 0 Å². The fourth-order valence-corrected chi connectivity index (χ4v) is 3.23. The molecule has 3 heteroatoms. The number of thiol groups is 1. The van der Waals surface area contributed by atoms with E-state index in [-0.39, 0.29) is 0 Å². The molecular weight excluding hydrogens is 240 g/mol. The van der Waals surface area contributed by atoms with E-state index in [4.69, 9.17) is 0 Å². The molecule has 18 heavy (non-hydrogen) atoms. The molecule has 0 aromatic heterocycles. The van der Waals surface area contributed by atoms with Gasteiger partial charge in [0.25, 0.3) is 0 Å². The molecule has 1 heterocycles. The van der Waals surface area contributed by atoms with E-state index in [0.29, 0.717) is 11.3 Å². The van der Waals surface area contributed by atoms with Gasteiger partial charge in [0, 0.05) is 38.8 Å². The largest absolute Gasteiger partial charge is 0.300 e. The smallest absolute Gasteiger partial charge is 0.0113 e. The van der Waals surface area contributed by atoms with Crippen molar-refractivity contribution in [1.82, 2.24) is 9.80 Å². The van der Waals surface area contributed by atoms with Gasteiger partial charge in [0.15, 0.2) is 0 Å². The minimum absolute atomic E-state index is 0.371. The summed E-state index contributed by atoms with van der Waals surface area (Å²) in [5.74, 6) is 1.69. The maximum Gasteiger partial charge on any atom is 0.0113 e. The van der Waals surface area contributed by atoms with Crippen LogP contribution in [0, 0.1) is 11.3 Å². The Labute approximate surface area is 120 Å². The second-order valence-electron chi connectivity index (χ2n) is 6.84. The summed E-state index contributed by atoms with van der Waals surface area (Å²) in [6.45, 7) is 17.8. The van der Waals surface area contributed by atoms with Crippen molar-refractivity contribution in [1.29, 1.82) is 0 Å². The predicted molar refractivity (Wildman–Crippen MR) is 84.6 cm³/mol. The van der Waals surface area contributed by atoms with Gasteiger partial charge in [-0.15, -0.1) is 0 Å². The molecule has 108 valence electrons. The van der Waals surface area contributed by atoms with Crippen molar-refractivity contribution in [2.24, 2.45) is 11.3 Å². The Balaban J connectivity index is 2.39. The lowest BCUT2D eigenvalue weighted by molar-refractivity contribution is 0.0762. The lowest BCUT2D eigenvalue weighted by Gasteiger charge is -2.41. The van der Waals surface area contributed by atoms with Gasteiger partial charge in [-0.3, -0.25) is 4.90 Å². The summed E-state index contributed by atoms with van der Waals surface area (Å²) in [6, 6.07) is 0.746. The molecule has 0 aromatic rings. The highest BCUT2D eigenvalue weighted by Gasteiger charge is 2.27. The fraction of sp³-hybridized carbons (Fsp3) is 1.00. The van der Waals surface area contributed by atoms with Gasteiger partial charge in [-0.1, -0.05) is 27.7 Å². The van der Waals surface area contributed by atoms with Crippen LogP contribution in [-0.4, -0.2) is 54.3 Å². The molecule has 0 aromatic carbocycles. The molecule has 2 nitrogen and oxygen atoms in total. The molecule has 1 saturated heterocycles. The Morgan fingerprint density at radius 2 is 1.67 bits per heavy atom. The van der Waals surface area contributed by atoms with E-state index < -0.39 is 0 Å². The molecule has 2 unspecified atom stereocenters. The average Bonchev–Trinajstić information content (AvgIpc) is 2.34. The molecule has 0 amide bonds. The second-order valence-corrected chi connectivity index (χ2v) is 7.20. The molecule has 1 aliphatic heterocycles. The Hall–Kier alpha value is 0.270. The molecule has 0 spiro atoms. The molecule has 0 N–H and O–H groups in total. The van der Waals surface area contributed by atoms with Crippen molar-refractivity contribution in [2.45, 2.75) is 47.1 Å². The lowest BCUT2D eigenvalue weighted by atomic mass is 9.81.